The molecule has 0 saturated carbocycles. The summed E-state index contributed by atoms with van der Waals surface area (Å²) < 4.78 is 5.08. The van der Waals surface area contributed by atoms with Crippen molar-refractivity contribution < 1.29 is 4.74 Å². The lowest BCUT2D eigenvalue weighted by Gasteiger charge is -2.21. The molecule has 0 amide bonds. The number of ether oxygens (including phenoxy) is 1. The topological polar surface area (TPSA) is 15.7 Å². The molecule has 0 unspecified atom stereocenters. The van der Waals surface area contributed by atoms with Crippen molar-refractivity contribution in [1.29, 1.82) is 0 Å². The van der Waals surface area contributed by atoms with Crippen LogP contribution in [0.15, 0.2) is 0 Å². The molecule has 0 aromatic rings. The summed E-state index contributed by atoms with van der Waals surface area (Å²) in [6.07, 6.45) is 1.23. The van der Waals surface area contributed by atoms with Crippen LogP contribution in [-0.2, 0) is 4.74 Å². The minimum atomic E-state index is 0.828. The summed E-state index contributed by atoms with van der Waals surface area (Å²) in [5.74, 6) is 0. The van der Waals surface area contributed by atoms with E-state index in [1.54, 1.807) is 7.11 Å². The van der Waals surface area contributed by atoms with Crippen LogP contribution in [0.3, 0.4) is 0 Å². The van der Waals surface area contributed by atoms with E-state index in [2.05, 4.69) is 39.8 Å². The second kappa shape index (κ2) is 9.90. The van der Waals surface area contributed by atoms with Gasteiger partial charge >= 0.3 is 0 Å². The number of alkyl halides is 1. The van der Waals surface area contributed by atoms with Crippen molar-refractivity contribution in [2.45, 2.75) is 6.42 Å². The fourth-order valence-corrected chi connectivity index (χ4v) is 1.79. The van der Waals surface area contributed by atoms with Crippen molar-refractivity contribution in [3.63, 3.8) is 0 Å². The van der Waals surface area contributed by atoms with Crippen LogP contribution >= 0.6 is 15.9 Å². The Labute approximate surface area is 96.5 Å². The van der Waals surface area contributed by atoms with Crippen LogP contribution in [0.4, 0.5) is 0 Å². The van der Waals surface area contributed by atoms with Crippen molar-refractivity contribution in [2.75, 3.05) is 59.3 Å². The number of halogens is 1. The Morgan fingerprint density at radius 1 is 1.07 bits per heavy atom. The van der Waals surface area contributed by atoms with Crippen LogP contribution in [-0.4, -0.2) is 69.1 Å². The van der Waals surface area contributed by atoms with E-state index < -0.39 is 0 Å². The molecule has 0 N–H and O–H groups in total. The van der Waals surface area contributed by atoms with Crippen molar-refractivity contribution in [3.05, 3.63) is 0 Å². The van der Waals surface area contributed by atoms with E-state index in [1.165, 1.54) is 6.42 Å². The molecule has 4 heteroatoms. The third kappa shape index (κ3) is 8.94. The highest BCUT2D eigenvalue weighted by atomic mass is 79.9. The molecule has 0 aromatic carbocycles. The van der Waals surface area contributed by atoms with E-state index in [0.29, 0.717) is 0 Å². The Morgan fingerprint density at radius 2 is 1.79 bits per heavy atom. The summed E-state index contributed by atoms with van der Waals surface area (Å²) in [7, 11) is 5.99. The maximum Gasteiger partial charge on any atom is 0.0589 e. The molecular formula is C10H23BrN2O. The zero-order valence-electron chi connectivity index (χ0n) is 9.63. The molecule has 0 fully saturated rings. The van der Waals surface area contributed by atoms with Gasteiger partial charge in [-0.3, -0.25) is 0 Å². The fourth-order valence-electron chi connectivity index (χ4n) is 1.29. The van der Waals surface area contributed by atoms with Crippen molar-refractivity contribution >= 4 is 15.9 Å². The molecule has 0 aliphatic carbocycles. The van der Waals surface area contributed by atoms with Crippen molar-refractivity contribution in [1.82, 2.24) is 9.80 Å². The SMILES string of the molecule is COCCN(CCBr)CCCN(C)C. The van der Waals surface area contributed by atoms with E-state index in [0.717, 1.165) is 38.1 Å². The van der Waals surface area contributed by atoms with Gasteiger partial charge in [0.25, 0.3) is 0 Å². The van der Waals surface area contributed by atoms with Crippen LogP contribution in [0.1, 0.15) is 6.42 Å². The Balaban J connectivity index is 3.50. The van der Waals surface area contributed by atoms with E-state index in [1.807, 2.05) is 0 Å². The molecule has 0 spiro atoms. The summed E-state index contributed by atoms with van der Waals surface area (Å²) in [4.78, 5) is 4.66. The van der Waals surface area contributed by atoms with Gasteiger partial charge < -0.3 is 14.5 Å². The third-order valence-corrected chi connectivity index (χ3v) is 2.45. The van der Waals surface area contributed by atoms with Crippen LogP contribution < -0.4 is 0 Å². The van der Waals surface area contributed by atoms with E-state index in [9.17, 15) is 0 Å². The standard InChI is InChI=1S/C10H23BrN2O/c1-12(2)6-4-7-13(8-5-11)9-10-14-3/h4-10H2,1-3H3. The molecule has 0 bridgehead atoms. The number of methoxy groups -OCH3 is 1. The highest BCUT2D eigenvalue weighted by molar-refractivity contribution is 9.09. The zero-order chi connectivity index (χ0) is 10.8. The van der Waals surface area contributed by atoms with Gasteiger partial charge in [-0.2, -0.15) is 0 Å². The highest BCUT2D eigenvalue weighted by Crippen LogP contribution is 1.95. The molecule has 0 aromatic heterocycles. The molecular weight excluding hydrogens is 244 g/mol. The predicted molar refractivity (Wildman–Crippen MR) is 65.3 cm³/mol. The minimum Gasteiger partial charge on any atom is -0.383 e. The van der Waals surface area contributed by atoms with Gasteiger partial charge in [0.2, 0.25) is 0 Å². The largest absolute Gasteiger partial charge is 0.383 e. The Bertz CT molecular complexity index is 123. The minimum absolute atomic E-state index is 0.828. The summed E-state index contributed by atoms with van der Waals surface area (Å²) in [5, 5.41) is 1.04. The molecule has 0 rings (SSSR count). The molecule has 0 heterocycles. The first kappa shape index (κ1) is 14.4. The lowest BCUT2D eigenvalue weighted by Crippen LogP contribution is -2.31. The predicted octanol–water partition coefficient (Wildman–Crippen LogP) is 1.28. The first-order valence-corrected chi connectivity index (χ1v) is 6.24. The summed E-state index contributed by atoms with van der Waals surface area (Å²) in [6.45, 7) is 5.29. The van der Waals surface area contributed by atoms with Gasteiger partial charge in [0.05, 0.1) is 6.61 Å². The number of hydrogen-bond donors (Lipinski definition) is 0. The van der Waals surface area contributed by atoms with Gasteiger partial charge in [-0.15, -0.1) is 0 Å². The third-order valence-electron chi connectivity index (χ3n) is 2.09. The second-order valence-corrected chi connectivity index (χ2v) is 4.47. The van der Waals surface area contributed by atoms with Gasteiger partial charge in [0.15, 0.2) is 0 Å². The average Bonchev–Trinajstić information content (AvgIpc) is 2.13. The van der Waals surface area contributed by atoms with Crippen LogP contribution in [0.2, 0.25) is 0 Å². The fraction of sp³-hybridized carbons (Fsp3) is 1.00. The lowest BCUT2D eigenvalue weighted by molar-refractivity contribution is 0.149. The van der Waals surface area contributed by atoms with E-state index in [4.69, 9.17) is 4.74 Å². The smallest absolute Gasteiger partial charge is 0.0589 e. The lowest BCUT2D eigenvalue weighted by atomic mass is 10.3. The highest BCUT2D eigenvalue weighted by Gasteiger charge is 2.03. The van der Waals surface area contributed by atoms with Gasteiger partial charge in [-0.25, -0.2) is 0 Å². The Hall–Kier alpha value is 0.360. The maximum absolute atomic E-state index is 5.08. The van der Waals surface area contributed by atoms with E-state index >= 15 is 0 Å². The van der Waals surface area contributed by atoms with Crippen molar-refractivity contribution in [3.8, 4) is 0 Å². The van der Waals surface area contributed by atoms with Crippen molar-refractivity contribution in [2.24, 2.45) is 0 Å². The molecule has 14 heavy (non-hydrogen) atoms. The second-order valence-electron chi connectivity index (χ2n) is 3.68. The molecule has 0 saturated heterocycles. The summed E-state index contributed by atoms with van der Waals surface area (Å²) in [5.41, 5.74) is 0. The molecule has 0 atom stereocenters. The molecule has 0 aliphatic heterocycles. The van der Waals surface area contributed by atoms with Crippen LogP contribution in [0.5, 0.6) is 0 Å². The van der Waals surface area contributed by atoms with E-state index in [-0.39, 0.29) is 0 Å². The molecule has 0 aliphatic rings. The zero-order valence-corrected chi connectivity index (χ0v) is 11.2. The maximum atomic E-state index is 5.08. The summed E-state index contributed by atoms with van der Waals surface area (Å²) >= 11 is 3.47. The quantitative estimate of drug-likeness (QED) is 0.585. The molecule has 0 radical (unpaired) electrons. The summed E-state index contributed by atoms with van der Waals surface area (Å²) in [6, 6.07) is 0. The van der Waals surface area contributed by atoms with Crippen LogP contribution in [0.25, 0.3) is 0 Å². The molecule has 86 valence electrons. The average molecular weight is 267 g/mol. The van der Waals surface area contributed by atoms with Gasteiger partial charge in [0.1, 0.15) is 0 Å². The normalized spacial score (nSPS) is 11.6. The van der Waals surface area contributed by atoms with Gasteiger partial charge in [-0.05, 0) is 33.6 Å². The molecule has 3 nitrogen and oxygen atoms in total. The number of nitrogens with zero attached hydrogens (tertiary/aromatic N) is 2. The van der Waals surface area contributed by atoms with Crippen LogP contribution in [0, 0.1) is 0 Å². The van der Waals surface area contributed by atoms with Gasteiger partial charge in [0, 0.05) is 25.5 Å². The Kier molecular flexibility index (Phi) is 10.2. The van der Waals surface area contributed by atoms with Gasteiger partial charge in [-0.1, -0.05) is 15.9 Å². The number of rotatable bonds is 9. The number of hydrogen-bond acceptors (Lipinski definition) is 3. The monoisotopic (exact) mass is 266 g/mol. The first-order chi connectivity index (χ1) is 6.70. The Morgan fingerprint density at radius 3 is 2.29 bits per heavy atom. The first-order valence-electron chi connectivity index (χ1n) is 5.12.